The van der Waals surface area contributed by atoms with Crippen molar-refractivity contribution in [1.82, 2.24) is 4.90 Å². The standard InChI is InChI=1S/C10H18F3N/c1-8-3-5-14(6-4-8)9(2)7-10(11,12)13/h8-9H,3-7H2,1-2H3/t9-/m1/s1. The van der Waals surface area contributed by atoms with Crippen LogP contribution in [-0.2, 0) is 0 Å². The third-order valence-corrected chi connectivity index (χ3v) is 2.97. The monoisotopic (exact) mass is 209 g/mol. The van der Waals surface area contributed by atoms with Crippen LogP contribution in [0.2, 0.25) is 0 Å². The molecule has 1 saturated heterocycles. The Bertz CT molecular complexity index is 171. The summed E-state index contributed by atoms with van der Waals surface area (Å²) in [7, 11) is 0. The average Bonchev–Trinajstić information content (AvgIpc) is 2.02. The fraction of sp³-hybridized carbons (Fsp3) is 1.00. The minimum atomic E-state index is -4.03. The lowest BCUT2D eigenvalue weighted by Gasteiger charge is -2.35. The molecule has 1 aliphatic rings. The van der Waals surface area contributed by atoms with Crippen molar-refractivity contribution in [3.05, 3.63) is 0 Å². The molecule has 0 aliphatic carbocycles. The molecule has 1 atom stereocenters. The molecule has 0 N–H and O–H groups in total. The van der Waals surface area contributed by atoms with E-state index in [4.69, 9.17) is 0 Å². The van der Waals surface area contributed by atoms with E-state index in [9.17, 15) is 13.2 Å². The molecule has 0 radical (unpaired) electrons. The number of nitrogens with zero attached hydrogens (tertiary/aromatic N) is 1. The molecule has 1 aliphatic heterocycles. The molecule has 0 aromatic heterocycles. The molecule has 0 unspecified atom stereocenters. The molecule has 1 heterocycles. The number of alkyl halides is 3. The second-order valence-corrected chi connectivity index (χ2v) is 4.39. The maximum Gasteiger partial charge on any atom is 0.390 e. The van der Waals surface area contributed by atoms with Gasteiger partial charge < -0.3 is 4.90 Å². The molecule has 0 amide bonds. The molecule has 0 aromatic rings. The Labute approximate surface area is 83.3 Å². The maximum absolute atomic E-state index is 12.1. The summed E-state index contributed by atoms with van der Waals surface area (Å²) in [5, 5.41) is 0. The predicted molar refractivity (Wildman–Crippen MR) is 50.1 cm³/mol. The summed E-state index contributed by atoms with van der Waals surface area (Å²) >= 11 is 0. The molecule has 1 nitrogen and oxygen atoms in total. The van der Waals surface area contributed by atoms with E-state index in [1.54, 1.807) is 6.92 Å². The van der Waals surface area contributed by atoms with Crippen LogP contribution in [0.15, 0.2) is 0 Å². The summed E-state index contributed by atoms with van der Waals surface area (Å²) in [6.45, 7) is 5.46. The second-order valence-electron chi connectivity index (χ2n) is 4.39. The van der Waals surface area contributed by atoms with Crippen LogP contribution in [0.4, 0.5) is 13.2 Å². The molecule has 84 valence electrons. The number of hydrogen-bond donors (Lipinski definition) is 0. The Morgan fingerprint density at radius 2 is 1.79 bits per heavy atom. The Morgan fingerprint density at radius 3 is 2.21 bits per heavy atom. The molecule has 1 fully saturated rings. The topological polar surface area (TPSA) is 3.24 Å². The molecular formula is C10H18F3N. The first-order valence-electron chi connectivity index (χ1n) is 5.19. The van der Waals surface area contributed by atoms with E-state index in [0.717, 1.165) is 25.9 Å². The SMILES string of the molecule is CC1CCN([C@H](C)CC(F)(F)F)CC1. The molecule has 0 bridgehead atoms. The Balaban J connectivity index is 2.34. The van der Waals surface area contributed by atoms with Gasteiger partial charge in [0.15, 0.2) is 0 Å². The van der Waals surface area contributed by atoms with Crippen molar-refractivity contribution in [2.45, 2.75) is 45.3 Å². The van der Waals surface area contributed by atoms with Gasteiger partial charge in [0.25, 0.3) is 0 Å². The van der Waals surface area contributed by atoms with E-state index < -0.39 is 12.6 Å². The van der Waals surface area contributed by atoms with E-state index in [2.05, 4.69) is 6.92 Å². The van der Waals surface area contributed by atoms with Crippen molar-refractivity contribution in [3.8, 4) is 0 Å². The van der Waals surface area contributed by atoms with E-state index in [0.29, 0.717) is 5.92 Å². The summed E-state index contributed by atoms with van der Waals surface area (Å²) in [6.07, 6.45) is -2.64. The van der Waals surface area contributed by atoms with Gasteiger partial charge in [0.1, 0.15) is 0 Å². The van der Waals surface area contributed by atoms with E-state index in [1.165, 1.54) is 0 Å². The highest BCUT2D eigenvalue weighted by Gasteiger charge is 2.33. The number of halogens is 3. The number of likely N-dealkylation sites (tertiary alicyclic amines) is 1. The van der Waals surface area contributed by atoms with Crippen LogP contribution in [0.25, 0.3) is 0 Å². The summed E-state index contributed by atoms with van der Waals surface area (Å²) in [4.78, 5) is 1.95. The zero-order valence-electron chi connectivity index (χ0n) is 8.77. The van der Waals surface area contributed by atoms with Crippen LogP contribution in [0.3, 0.4) is 0 Å². The van der Waals surface area contributed by atoms with E-state index in [1.807, 2.05) is 4.90 Å². The third kappa shape index (κ3) is 3.86. The first-order chi connectivity index (χ1) is 6.38. The van der Waals surface area contributed by atoms with Gasteiger partial charge in [0.2, 0.25) is 0 Å². The van der Waals surface area contributed by atoms with Crippen molar-refractivity contribution in [1.29, 1.82) is 0 Å². The summed E-state index contributed by atoms with van der Waals surface area (Å²) in [5.74, 6) is 0.671. The Morgan fingerprint density at radius 1 is 1.29 bits per heavy atom. The Kier molecular flexibility index (Phi) is 3.81. The highest BCUT2D eigenvalue weighted by Crippen LogP contribution is 2.26. The van der Waals surface area contributed by atoms with Crippen LogP contribution >= 0.6 is 0 Å². The van der Waals surface area contributed by atoms with Gasteiger partial charge in [-0.3, -0.25) is 0 Å². The van der Waals surface area contributed by atoms with Crippen LogP contribution in [0.1, 0.15) is 33.1 Å². The summed E-state index contributed by atoms with van der Waals surface area (Å²) < 4.78 is 36.3. The fourth-order valence-electron chi connectivity index (χ4n) is 1.93. The van der Waals surface area contributed by atoms with Gasteiger partial charge in [-0.15, -0.1) is 0 Å². The molecule has 14 heavy (non-hydrogen) atoms. The first-order valence-corrected chi connectivity index (χ1v) is 5.19. The van der Waals surface area contributed by atoms with Gasteiger partial charge in [-0.2, -0.15) is 13.2 Å². The summed E-state index contributed by atoms with van der Waals surface area (Å²) in [6, 6.07) is -0.359. The van der Waals surface area contributed by atoms with Gasteiger partial charge in [-0.05, 0) is 38.8 Å². The lowest BCUT2D eigenvalue weighted by molar-refractivity contribution is -0.147. The van der Waals surface area contributed by atoms with E-state index in [-0.39, 0.29) is 6.04 Å². The minimum absolute atomic E-state index is 0.359. The lowest BCUT2D eigenvalue weighted by Crippen LogP contribution is -2.41. The van der Waals surface area contributed by atoms with Crippen molar-refractivity contribution in [3.63, 3.8) is 0 Å². The van der Waals surface area contributed by atoms with Crippen LogP contribution in [-0.4, -0.2) is 30.2 Å². The number of piperidine rings is 1. The van der Waals surface area contributed by atoms with Gasteiger partial charge >= 0.3 is 6.18 Å². The Hall–Kier alpha value is -0.250. The predicted octanol–water partition coefficient (Wildman–Crippen LogP) is 3.06. The summed E-state index contributed by atoms with van der Waals surface area (Å²) in [5.41, 5.74) is 0. The van der Waals surface area contributed by atoms with Crippen molar-refractivity contribution in [2.24, 2.45) is 5.92 Å². The second kappa shape index (κ2) is 4.51. The van der Waals surface area contributed by atoms with Gasteiger partial charge in [-0.1, -0.05) is 6.92 Å². The van der Waals surface area contributed by atoms with Crippen molar-refractivity contribution >= 4 is 0 Å². The quantitative estimate of drug-likeness (QED) is 0.675. The van der Waals surface area contributed by atoms with E-state index >= 15 is 0 Å². The van der Waals surface area contributed by atoms with Crippen molar-refractivity contribution < 1.29 is 13.2 Å². The van der Waals surface area contributed by atoms with Gasteiger partial charge in [0.05, 0.1) is 6.42 Å². The largest absolute Gasteiger partial charge is 0.390 e. The lowest BCUT2D eigenvalue weighted by atomic mass is 9.97. The third-order valence-electron chi connectivity index (χ3n) is 2.97. The van der Waals surface area contributed by atoms with Crippen LogP contribution < -0.4 is 0 Å². The zero-order valence-corrected chi connectivity index (χ0v) is 8.77. The molecule has 4 heteroatoms. The number of hydrogen-bond acceptors (Lipinski definition) is 1. The molecular weight excluding hydrogens is 191 g/mol. The average molecular weight is 209 g/mol. The van der Waals surface area contributed by atoms with Crippen molar-refractivity contribution in [2.75, 3.05) is 13.1 Å². The van der Waals surface area contributed by atoms with Crippen LogP contribution in [0.5, 0.6) is 0 Å². The first kappa shape index (κ1) is 11.8. The van der Waals surface area contributed by atoms with Gasteiger partial charge in [0, 0.05) is 6.04 Å². The fourth-order valence-corrected chi connectivity index (χ4v) is 1.93. The molecule has 0 spiro atoms. The van der Waals surface area contributed by atoms with Gasteiger partial charge in [-0.25, -0.2) is 0 Å². The highest BCUT2D eigenvalue weighted by molar-refractivity contribution is 4.76. The minimum Gasteiger partial charge on any atom is -0.300 e. The smallest absolute Gasteiger partial charge is 0.300 e. The molecule has 0 saturated carbocycles. The zero-order chi connectivity index (χ0) is 10.8. The molecule has 1 rings (SSSR count). The highest BCUT2D eigenvalue weighted by atomic mass is 19.4. The number of rotatable bonds is 2. The normalized spacial score (nSPS) is 23.8. The van der Waals surface area contributed by atoms with Crippen LogP contribution in [0, 0.1) is 5.92 Å². The maximum atomic E-state index is 12.1. The molecule has 0 aromatic carbocycles.